The van der Waals surface area contributed by atoms with Crippen molar-refractivity contribution in [2.24, 2.45) is 5.41 Å². The van der Waals surface area contributed by atoms with Gasteiger partial charge in [-0.05, 0) is 48.1 Å². The van der Waals surface area contributed by atoms with E-state index in [0.717, 1.165) is 36.1 Å². The van der Waals surface area contributed by atoms with Crippen molar-refractivity contribution < 1.29 is 4.74 Å². The number of pyridine rings is 1. The number of benzene rings is 1. The van der Waals surface area contributed by atoms with Crippen LogP contribution in [-0.2, 0) is 6.42 Å². The van der Waals surface area contributed by atoms with E-state index in [1.165, 1.54) is 0 Å². The summed E-state index contributed by atoms with van der Waals surface area (Å²) in [4.78, 5) is 32.9. The maximum Gasteiger partial charge on any atom is 0.237 e. The van der Waals surface area contributed by atoms with Crippen molar-refractivity contribution in [3.05, 3.63) is 82.1 Å². The Morgan fingerprint density at radius 3 is 2.24 bits per heavy atom. The third-order valence-electron chi connectivity index (χ3n) is 6.74. The molecule has 0 N–H and O–H groups in total. The van der Waals surface area contributed by atoms with Gasteiger partial charge >= 0.3 is 0 Å². The molecule has 196 valence electrons. The van der Waals surface area contributed by atoms with Crippen molar-refractivity contribution in [1.29, 1.82) is 0 Å². The highest BCUT2D eigenvalue weighted by molar-refractivity contribution is 6.32. The van der Waals surface area contributed by atoms with E-state index in [4.69, 9.17) is 16.3 Å². The second-order valence-electron chi connectivity index (χ2n) is 10.5. The van der Waals surface area contributed by atoms with Crippen LogP contribution in [0.1, 0.15) is 52.1 Å². The zero-order chi connectivity index (χ0) is 26.9. The minimum absolute atomic E-state index is 0.0595. The summed E-state index contributed by atoms with van der Waals surface area (Å²) in [5.41, 5.74) is 2.91. The van der Waals surface area contributed by atoms with Crippen LogP contribution < -0.4 is 15.1 Å². The quantitative estimate of drug-likeness (QED) is 0.251. The molecule has 1 unspecified atom stereocenters. The van der Waals surface area contributed by atoms with Crippen molar-refractivity contribution >= 4 is 29.2 Å². The first-order valence-corrected chi connectivity index (χ1v) is 13.2. The molecule has 1 atom stereocenters. The number of halogens is 1. The summed E-state index contributed by atoms with van der Waals surface area (Å²) in [5, 5.41) is 0.536. The Morgan fingerprint density at radius 2 is 1.66 bits per heavy atom. The Kier molecular flexibility index (Phi) is 7.17. The van der Waals surface area contributed by atoms with E-state index in [1.807, 2.05) is 18.3 Å². The van der Waals surface area contributed by atoms with Gasteiger partial charge in [0.15, 0.2) is 0 Å². The number of anilines is 3. The minimum Gasteiger partial charge on any atom is -0.492 e. The highest BCUT2D eigenvalue weighted by atomic mass is 35.5. The fourth-order valence-corrected chi connectivity index (χ4v) is 4.99. The molecule has 4 aromatic rings. The van der Waals surface area contributed by atoms with E-state index in [1.54, 1.807) is 47.9 Å². The minimum atomic E-state index is -0.198. The molecular weight excluding hydrogens is 500 g/mol. The first-order chi connectivity index (χ1) is 18.3. The van der Waals surface area contributed by atoms with Gasteiger partial charge in [-0.15, -0.1) is 0 Å². The molecule has 5 rings (SSSR count). The summed E-state index contributed by atoms with van der Waals surface area (Å²) in [5.74, 6) is 1.32. The van der Waals surface area contributed by atoms with Crippen LogP contribution in [0.5, 0.6) is 5.75 Å². The van der Waals surface area contributed by atoms with Crippen molar-refractivity contribution in [3.63, 3.8) is 0 Å². The van der Waals surface area contributed by atoms with Crippen LogP contribution in [0.3, 0.4) is 0 Å². The summed E-state index contributed by atoms with van der Waals surface area (Å²) < 4.78 is 8.16. The van der Waals surface area contributed by atoms with Gasteiger partial charge in [-0.1, -0.05) is 45.7 Å². The number of unbranched alkanes of at least 4 members (excludes halogenated alkanes) is 1. The smallest absolute Gasteiger partial charge is 0.237 e. The molecule has 38 heavy (non-hydrogen) atoms. The SMILES string of the molecule is CCCCOc1cc2c(cc1Cl)-c1cc(=O)c(N(c3ncccn3)c3ncccn3)cn1C(C(C)(C)C)C2. The summed E-state index contributed by atoms with van der Waals surface area (Å²) in [6, 6.07) is 9.13. The maximum atomic E-state index is 13.7. The van der Waals surface area contributed by atoms with Crippen LogP contribution in [0.2, 0.25) is 5.02 Å². The lowest BCUT2D eigenvalue weighted by Crippen LogP contribution is -2.33. The van der Waals surface area contributed by atoms with Gasteiger partial charge in [-0.2, -0.15) is 0 Å². The Balaban J connectivity index is 1.69. The number of aromatic nitrogens is 5. The molecule has 0 bridgehead atoms. The molecular formula is C29H31ClN6O2. The Bertz CT molecular complexity index is 1450. The van der Waals surface area contributed by atoms with Gasteiger partial charge in [0.1, 0.15) is 11.4 Å². The average molecular weight is 531 g/mol. The summed E-state index contributed by atoms with van der Waals surface area (Å²) in [6.45, 7) is 9.37. The van der Waals surface area contributed by atoms with Crippen LogP contribution in [0.25, 0.3) is 11.3 Å². The first-order valence-electron chi connectivity index (χ1n) is 12.8. The number of nitrogens with zero attached hydrogens (tertiary/aromatic N) is 6. The number of hydrogen-bond acceptors (Lipinski definition) is 7. The number of rotatable bonds is 7. The highest BCUT2D eigenvalue weighted by Gasteiger charge is 2.34. The summed E-state index contributed by atoms with van der Waals surface area (Å²) in [7, 11) is 0. The van der Waals surface area contributed by atoms with Crippen molar-refractivity contribution in [2.75, 3.05) is 11.5 Å². The van der Waals surface area contributed by atoms with E-state index in [-0.39, 0.29) is 16.9 Å². The fraction of sp³-hybridized carbons (Fsp3) is 0.345. The number of ether oxygens (including phenoxy) is 1. The third kappa shape index (κ3) is 5.00. The molecule has 0 fully saturated rings. The van der Waals surface area contributed by atoms with Crippen molar-refractivity contribution in [3.8, 4) is 17.0 Å². The summed E-state index contributed by atoms with van der Waals surface area (Å²) >= 11 is 6.66. The van der Waals surface area contributed by atoms with E-state index in [2.05, 4.69) is 52.2 Å². The first kappa shape index (κ1) is 25.9. The average Bonchev–Trinajstić information content (AvgIpc) is 2.90. The van der Waals surface area contributed by atoms with Crippen LogP contribution in [0, 0.1) is 5.41 Å². The molecule has 9 heteroatoms. The molecule has 0 saturated carbocycles. The predicted molar refractivity (Wildman–Crippen MR) is 150 cm³/mol. The van der Waals surface area contributed by atoms with Gasteiger partial charge in [0.2, 0.25) is 17.3 Å². The van der Waals surface area contributed by atoms with Gasteiger partial charge in [0.25, 0.3) is 0 Å². The molecule has 0 aliphatic carbocycles. The van der Waals surface area contributed by atoms with Crippen LogP contribution in [0.15, 0.2) is 66.1 Å². The van der Waals surface area contributed by atoms with E-state index < -0.39 is 0 Å². The number of hydrogen-bond donors (Lipinski definition) is 0. The third-order valence-corrected chi connectivity index (χ3v) is 7.04. The second-order valence-corrected chi connectivity index (χ2v) is 10.9. The molecule has 0 saturated heterocycles. The van der Waals surface area contributed by atoms with E-state index in [9.17, 15) is 4.79 Å². The Labute approximate surface area is 227 Å². The predicted octanol–water partition coefficient (Wildman–Crippen LogP) is 6.54. The molecule has 8 nitrogen and oxygen atoms in total. The van der Waals surface area contributed by atoms with E-state index >= 15 is 0 Å². The lowest BCUT2D eigenvalue weighted by atomic mass is 9.79. The van der Waals surface area contributed by atoms with Gasteiger partial charge in [-0.25, -0.2) is 24.8 Å². The molecule has 4 heterocycles. The Morgan fingerprint density at radius 1 is 1.03 bits per heavy atom. The largest absolute Gasteiger partial charge is 0.492 e. The standard InChI is InChI=1S/C29H31ClN6O2/c1-5-6-13-38-25-14-19-15-26(29(2,3)4)35-18-23(24(37)17-22(35)20(19)16-21(25)30)36(27-31-9-7-10-32-27)28-33-11-8-12-34-28/h7-12,14,16-18,26H,5-6,13,15H2,1-4H3. The van der Waals surface area contributed by atoms with Crippen LogP contribution in [0.4, 0.5) is 17.6 Å². The molecule has 1 aliphatic rings. The Hall–Kier alpha value is -3.78. The zero-order valence-corrected chi connectivity index (χ0v) is 22.8. The van der Waals surface area contributed by atoms with Gasteiger partial charge in [-0.3, -0.25) is 4.79 Å². The second kappa shape index (κ2) is 10.5. The zero-order valence-electron chi connectivity index (χ0n) is 22.1. The summed E-state index contributed by atoms with van der Waals surface area (Å²) in [6.07, 6.45) is 11.2. The molecule has 0 radical (unpaired) electrons. The lowest BCUT2D eigenvalue weighted by molar-refractivity contribution is 0.237. The lowest BCUT2D eigenvalue weighted by Gasteiger charge is -2.39. The van der Waals surface area contributed by atoms with Crippen LogP contribution >= 0.6 is 11.6 Å². The van der Waals surface area contributed by atoms with Crippen molar-refractivity contribution in [1.82, 2.24) is 24.5 Å². The van der Waals surface area contributed by atoms with Crippen molar-refractivity contribution in [2.45, 2.75) is 53.0 Å². The normalized spacial score (nSPS) is 14.5. The van der Waals surface area contributed by atoms with Crippen LogP contribution in [-0.4, -0.2) is 31.1 Å². The maximum absolute atomic E-state index is 13.7. The monoisotopic (exact) mass is 530 g/mol. The fourth-order valence-electron chi connectivity index (χ4n) is 4.77. The number of fused-ring (bicyclic) bond motifs is 3. The topological polar surface area (TPSA) is 86.0 Å². The van der Waals surface area contributed by atoms with Gasteiger partial charge < -0.3 is 9.30 Å². The molecule has 0 spiro atoms. The molecule has 1 aromatic carbocycles. The molecule has 3 aromatic heterocycles. The van der Waals surface area contributed by atoms with Gasteiger partial charge in [0.05, 0.1) is 17.3 Å². The molecule has 0 amide bonds. The molecule has 1 aliphatic heterocycles. The van der Waals surface area contributed by atoms with Gasteiger partial charge in [0, 0.05) is 48.7 Å². The highest BCUT2D eigenvalue weighted by Crippen LogP contribution is 2.45. The van der Waals surface area contributed by atoms with E-state index in [0.29, 0.717) is 35.0 Å².